The largest absolute Gasteiger partial charge is 0.379 e. The molecule has 2 aromatic carbocycles. The summed E-state index contributed by atoms with van der Waals surface area (Å²) < 4.78 is 4.48. The second-order valence-electron chi connectivity index (χ2n) is 5.15. The average Bonchev–Trinajstić information content (AvgIpc) is 3.02. The summed E-state index contributed by atoms with van der Waals surface area (Å²) in [7, 11) is 0. The zero-order valence-electron chi connectivity index (χ0n) is 13.1. The van der Waals surface area contributed by atoms with Gasteiger partial charge in [0.15, 0.2) is 17.3 Å². The number of benzene rings is 2. The number of amidine groups is 1. The molecule has 7 N–H and O–H groups in total. The highest BCUT2D eigenvalue weighted by atomic mass is 16.6. The Kier molecular flexibility index (Phi) is 4.44. The van der Waals surface area contributed by atoms with Gasteiger partial charge in [-0.05, 0) is 21.8 Å². The van der Waals surface area contributed by atoms with E-state index in [2.05, 4.69) is 25.4 Å². The van der Waals surface area contributed by atoms with Crippen molar-refractivity contribution in [1.82, 2.24) is 15.3 Å². The van der Waals surface area contributed by atoms with Crippen LogP contribution < -0.4 is 22.7 Å². The molecule has 0 spiro atoms. The van der Waals surface area contributed by atoms with E-state index in [1.54, 1.807) is 6.07 Å². The first kappa shape index (κ1) is 16.2. The number of carbonyl (C=O) groups is 1. The summed E-state index contributed by atoms with van der Waals surface area (Å²) in [4.78, 5) is 12.3. The predicted molar refractivity (Wildman–Crippen MR) is 92.9 cm³/mol. The first-order chi connectivity index (χ1) is 12.1. The molecule has 25 heavy (non-hydrogen) atoms. The van der Waals surface area contributed by atoms with Crippen LogP contribution in [0, 0.1) is 0 Å². The average molecular weight is 340 g/mol. The van der Waals surface area contributed by atoms with Gasteiger partial charge in [-0.25, -0.2) is 10.5 Å². The number of anilines is 2. The number of aromatic nitrogens is 2. The van der Waals surface area contributed by atoms with Crippen LogP contribution in [-0.2, 0) is 4.79 Å². The molecule has 0 radical (unpaired) electrons. The molecule has 0 aliphatic heterocycles. The Balaban J connectivity index is 1.74. The zero-order chi connectivity index (χ0) is 17.8. The Morgan fingerprint density at radius 1 is 1.20 bits per heavy atom. The van der Waals surface area contributed by atoms with Crippen LogP contribution in [0.3, 0.4) is 0 Å². The van der Waals surface area contributed by atoms with Crippen molar-refractivity contribution in [2.75, 3.05) is 17.6 Å². The number of nitrogen functional groups attached to an aromatic ring is 1. The summed E-state index contributed by atoms with van der Waals surface area (Å²) in [5.74, 6) is 10.7. The van der Waals surface area contributed by atoms with Crippen molar-refractivity contribution in [3.63, 3.8) is 0 Å². The molecule has 1 heterocycles. The molecular weight excluding hydrogens is 324 g/mol. The highest BCUT2D eigenvalue weighted by Crippen LogP contribution is 2.22. The van der Waals surface area contributed by atoms with Crippen LogP contribution in [0.2, 0.25) is 0 Å². The first-order valence-electron chi connectivity index (χ1n) is 7.26. The number of hydrogen-bond acceptors (Lipinski definition) is 8. The number of hydrazine groups is 1. The summed E-state index contributed by atoms with van der Waals surface area (Å²) in [6.07, 6.45) is 0. The minimum atomic E-state index is -0.366. The Morgan fingerprint density at radius 2 is 1.96 bits per heavy atom. The van der Waals surface area contributed by atoms with E-state index in [9.17, 15) is 4.79 Å². The second kappa shape index (κ2) is 6.84. The second-order valence-corrected chi connectivity index (χ2v) is 5.15. The standard InChI is InChI=1S/C15H16N8O2/c16-14-13(21-25-22-14)15(20-17)23(18)8-12(24)19-11-7-3-5-9-4-1-2-6-10(9)11/h1-7H,8,17-18H2,(H2,16,22)(H,19,24)/b20-15-. The summed E-state index contributed by atoms with van der Waals surface area (Å²) in [5.41, 5.74) is 6.31. The number of hydrogen-bond donors (Lipinski definition) is 4. The van der Waals surface area contributed by atoms with Crippen molar-refractivity contribution in [3.05, 3.63) is 48.2 Å². The van der Waals surface area contributed by atoms with E-state index >= 15 is 0 Å². The molecular formula is C15H16N8O2. The highest BCUT2D eigenvalue weighted by Gasteiger charge is 2.21. The van der Waals surface area contributed by atoms with Gasteiger partial charge < -0.3 is 16.9 Å². The van der Waals surface area contributed by atoms with E-state index in [4.69, 9.17) is 17.4 Å². The third kappa shape index (κ3) is 3.33. The lowest BCUT2D eigenvalue weighted by Crippen LogP contribution is -2.44. The fourth-order valence-corrected chi connectivity index (χ4v) is 2.38. The monoisotopic (exact) mass is 340 g/mol. The summed E-state index contributed by atoms with van der Waals surface area (Å²) in [6, 6.07) is 13.3. The predicted octanol–water partition coefficient (Wildman–Crippen LogP) is 0.240. The number of rotatable bonds is 4. The smallest absolute Gasteiger partial charge is 0.245 e. The van der Waals surface area contributed by atoms with E-state index in [-0.39, 0.29) is 29.8 Å². The van der Waals surface area contributed by atoms with Crippen LogP contribution in [0.25, 0.3) is 10.8 Å². The molecule has 0 saturated carbocycles. The van der Waals surface area contributed by atoms with E-state index in [0.29, 0.717) is 5.69 Å². The lowest BCUT2D eigenvalue weighted by Gasteiger charge is -2.18. The van der Waals surface area contributed by atoms with Crippen molar-refractivity contribution >= 4 is 34.0 Å². The summed E-state index contributed by atoms with van der Waals surface area (Å²) in [6.45, 7) is -0.231. The SMILES string of the molecule is N/N=C(/c1nonc1N)N(N)CC(=O)Nc1cccc2ccccc12. The fourth-order valence-electron chi connectivity index (χ4n) is 2.38. The van der Waals surface area contributed by atoms with Crippen LogP contribution in [0.5, 0.6) is 0 Å². The van der Waals surface area contributed by atoms with E-state index < -0.39 is 0 Å². The van der Waals surface area contributed by atoms with Crippen molar-refractivity contribution in [2.24, 2.45) is 16.8 Å². The quantitative estimate of drug-likeness (QED) is 0.227. The van der Waals surface area contributed by atoms with Gasteiger partial charge in [-0.2, -0.15) is 5.10 Å². The maximum Gasteiger partial charge on any atom is 0.245 e. The lowest BCUT2D eigenvalue weighted by molar-refractivity contribution is -0.116. The molecule has 0 atom stereocenters. The van der Waals surface area contributed by atoms with Gasteiger partial charge in [-0.1, -0.05) is 36.4 Å². The number of carbonyl (C=O) groups excluding carboxylic acids is 1. The maximum absolute atomic E-state index is 12.3. The molecule has 0 bridgehead atoms. The molecule has 0 unspecified atom stereocenters. The van der Waals surface area contributed by atoms with Gasteiger partial charge in [0.25, 0.3) is 0 Å². The van der Waals surface area contributed by atoms with E-state index in [0.717, 1.165) is 15.8 Å². The number of hydrazone groups is 1. The van der Waals surface area contributed by atoms with Crippen LogP contribution >= 0.6 is 0 Å². The number of nitrogens with one attached hydrogen (secondary N) is 1. The van der Waals surface area contributed by atoms with Gasteiger partial charge in [0, 0.05) is 11.1 Å². The Bertz CT molecular complexity index is 931. The number of nitrogens with two attached hydrogens (primary N) is 3. The molecule has 3 aromatic rings. The summed E-state index contributed by atoms with van der Waals surface area (Å²) >= 11 is 0. The third-order valence-electron chi connectivity index (χ3n) is 3.50. The Hall–Kier alpha value is -3.66. The fraction of sp³-hybridized carbons (Fsp3) is 0.0667. The maximum atomic E-state index is 12.3. The molecule has 0 aliphatic carbocycles. The lowest BCUT2D eigenvalue weighted by atomic mass is 10.1. The Morgan fingerprint density at radius 3 is 2.68 bits per heavy atom. The van der Waals surface area contributed by atoms with Gasteiger partial charge in [0.1, 0.15) is 6.54 Å². The minimum Gasteiger partial charge on any atom is -0.379 e. The topological polar surface area (TPSA) is 162 Å². The van der Waals surface area contributed by atoms with Crippen LogP contribution in [0.4, 0.5) is 11.5 Å². The van der Waals surface area contributed by atoms with Crippen molar-refractivity contribution in [3.8, 4) is 0 Å². The third-order valence-corrected chi connectivity index (χ3v) is 3.50. The van der Waals surface area contributed by atoms with E-state index in [1.807, 2.05) is 36.4 Å². The van der Waals surface area contributed by atoms with E-state index in [1.165, 1.54) is 0 Å². The molecule has 128 valence electrons. The van der Waals surface area contributed by atoms with Crippen molar-refractivity contribution < 1.29 is 9.42 Å². The van der Waals surface area contributed by atoms with Crippen LogP contribution in [0.1, 0.15) is 5.69 Å². The Labute approximate surface area is 142 Å². The number of amides is 1. The van der Waals surface area contributed by atoms with Crippen molar-refractivity contribution in [2.45, 2.75) is 0 Å². The molecule has 0 aliphatic rings. The van der Waals surface area contributed by atoms with Gasteiger partial charge >= 0.3 is 0 Å². The minimum absolute atomic E-state index is 0.0215. The highest BCUT2D eigenvalue weighted by molar-refractivity contribution is 6.05. The normalized spacial score (nSPS) is 11.5. The molecule has 1 aromatic heterocycles. The van der Waals surface area contributed by atoms with Crippen molar-refractivity contribution in [1.29, 1.82) is 0 Å². The number of nitrogens with zero attached hydrogens (tertiary/aromatic N) is 4. The molecule has 3 rings (SSSR count). The zero-order valence-corrected chi connectivity index (χ0v) is 13.1. The number of fused-ring (bicyclic) bond motifs is 1. The van der Waals surface area contributed by atoms with Crippen LogP contribution in [0.15, 0.2) is 52.2 Å². The molecule has 0 fully saturated rings. The van der Waals surface area contributed by atoms with Gasteiger partial charge in [0.2, 0.25) is 5.91 Å². The molecule has 1 amide bonds. The van der Waals surface area contributed by atoms with Crippen LogP contribution in [-0.4, -0.2) is 33.6 Å². The summed E-state index contributed by atoms with van der Waals surface area (Å²) in [5, 5.41) is 16.2. The molecule has 0 saturated heterocycles. The first-order valence-corrected chi connectivity index (χ1v) is 7.26. The van der Waals surface area contributed by atoms with Gasteiger partial charge in [-0.3, -0.25) is 9.80 Å². The molecule has 10 nitrogen and oxygen atoms in total. The van der Waals surface area contributed by atoms with Gasteiger partial charge in [0.05, 0.1) is 0 Å². The van der Waals surface area contributed by atoms with Gasteiger partial charge in [-0.15, -0.1) is 0 Å². The molecule has 10 heteroatoms.